The van der Waals surface area contributed by atoms with E-state index in [1.54, 1.807) is 0 Å². The summed E-state index contributed by atoms with van der Waals surface area (Å²) in [7, 11) is -2.46. The van der Waals surface area contributed by atoms with Gasteiger partial charge in [0.05, 0.1) is 37.8 Å². The predicted octanol–water partition coefficient (Wildman–Crippen LogP) is 9.18. The molecule has 0 radical (unpaired) electrons. The van der Waals surface area contributed by atoms with Crippen LogP contribution in [0.15, 0.2) is 77.0 Å². The van der Waals surface area contributed by atoms with Gasteiger partial charge in [-0.25, -0.2) is 0 Å². The van der Waals surface area contributed by atoms with Gasteiger partial charge in [0.15, 0.2) is 10.8 Å². The van der Waals surface area contributed by atoms with Gasteiger partial charge in [0.2, 0.25) is 0 Å². The lowest BCUT2D eigenvalue weighted by Crippen LogP contribution is -2.51. The molecule has 0 N–H and O–H groups in total. The number of hydrogen-bond acceptors (Lipinski definition) is 4. The molecule has 4 aliphatic rings. The van der Waals surface area contributed by atoms with Gasteiger partial charge in [-0.3, -0.25) is 0 Å². The van der Waals surface area contributed by atoms with Crippen LogP contribution >= 0.6 is 0 Å². The molecule has 0 unspecified atom stereocenters. The Hall–Kier alpha value is -4.42. The summed E-state index contributed by atoms with van der Waals surface area (Å²) in [5, 5.41) is 48.5. The highest BCUT2D eigenvalue weighted by atomic mass is 28.3. The summed E-state index contributed by atoms with van der Waals surface area (Å²) in [6.45, 7) is 14.1. The van der Waals surface area contributed by atoms with Gasteiger partial charge in [0, 0.05) is 5.92 Å². The molecule has 0 aromatic heterocycles. The molecule has 1 saturated carbocycles. The van der Waals surface area contributed by atoms with Crippen LogP contribution in [0.1, 0.15) is 76.1 Å². The first-order chi connectivity index (χ1) is 21.1. The molecule has 44 heavy (non-hydrogen) atoms. The second-order valence-corrected chi connectivity index (χ2v) is 20.0. The van der Waals surface area contributed by atoms with Crippen LogP contribution in [0.3, 0.4) is 0 Å². The number of aryl methyl sites for hydroxylation is 1. The fourth-order valence-corrected chi connectivity index (χ4v) is 18.3. The number of rotatable bonds is 4. The van der Waals surface area contributed by atoms with E-state index in [0.29, 0.717) is 16.6 Å². The van der Waals surface area contributed by atoms with Crippen molar-refractivity contribution in [2.24, 2.45) is 10.8 Å². The van der Waals surface area contributed by atoms with Crippen molar-refractivity contribution < 1.29 is 0 Å². The van der Waals surface area contributed by atoms with Crippen LogP contribution in [-0.4, -0.2) is 8.07 Å². The van der Waals surface area contributed by atoms with E-state index in [-0.39, 0.29) is 0 Å². The Kier molecular flexibility index (Phi) is 5.83. The van der Waals surface area contributed by atoms with Crippen molar-refractivity contribution in [3.8, 4) is 24.3 Å². The summed E-state index contributed by atoms with van der Waals surface area (Å²) >= 11 is 0. The molecule has 4 nitrogen and oxygen atoms in total. The van der Waals surface area contributed by atoms with Crippen LogP contribution in [-0.2, 0) is 11.8 Å². The zero-order chi connectivity index (χ0) is 31.4. The SMILES string of the molecule is CC(C)[Si](C1=C2[C@H]3c4ccc5ccccc5c4[C@]2(C2=C1CCc1ccccc12)C(C#N)(C#N)C3(C#N)C#N)(C(C)C)C(C)C. The molecule has 2 bridgehead atoms. The Bertz CT molecular complexity index is 1980. The van der Waals surface area contributed by atoms with E-state index in [0.717, 1.165) is 51.5 Å². The number of allylic oxidation sites excluding steroid dienone is 4. The standard InChI is InChI=1S/C39H36N4Si/c1-23(2)44(24(3)4,25(5)6)36-31-18-16-27-12-8-10-14-29(27)33(31)39-32-28-13-9-7-11-26(28)15-17-30(32)34(35(36)39)37(19-40,20-41)38(39,21-42)22-43/h7-15,17,23-25,34H,16,18H2,1-6H3/t34-,39-/m1/s1. The highest BCUT2D eigenvalue weighted by molar-refractivity contribution is 6.91. The normalized spacial score (nSPS) is 23.6. The summed E-state index contributed by atoms with van der Waals surface area (Å²) in [6, 6.07) is 30.6. The predicted molar refractivity (Wildman–Crippen MR) is 175 cm³/mol. The minimum Gasteiger partial charge on any atom is -0.196 e. The molecule has 3 aromatic carbocycles. The average molecular weight is 589 g/mol. The summed E-state index contributed by atoms with van der Waals surface area (Å²) < 4.78 is 0. The van der Waals surface area contributed by atoms with Crippen molar-refractivity contribution in [3.05, 3.63) is 99.3 Å². The van der Waals surface area contributed by atoms with E-state index in [1.807, 2.05) is 12.1 Å². The molecule has 0 spiro atoms. The maximum atomic E-state index is 11.4. The van der Waals surface area contributed by atoms with Crippen LogP contribution in [0.2, 0.25) is 16.6 Å². The van der Waals surface area contributed by atoms with E-state index in [9.17, 15) is 21.0 Å². The first-order valence-electron chi connectivity index (χ1n) is 15.9. The lowest BCUT2D eigenvalue weighted by Gasteiger charge is -2.47. The largest absolute Gasteiger partial charge is 0.196 e. The molecular weight excluding hydrogens is 553 g/mol. The summed E-state index contributed by atoms with van der Waals surface area (Å²) in [5.41, 5.74) is 3.63. The molecule has 3 aromatic rings. The van der Waals surface area contributed by atoms with Crippen molar-refractivity contribution in [1.82, 2.24) is 0 Å². The number of hydrogen-bond donors (Lipinski definition) is 0. The molecule has 2 atom stereocenters. The Balaban J connectivity index is 1.85. The van der Waals surface area contributed by atoms with Crippen molar-refractivity contribution in [2.75, 3.05) is 0 Å². The number of nitrogens with zero attached hydrogens (tertiary/aromatic N) is 4. The number of nitriles is 4. The van der Waals surface area contributed by atoms with E-state index < -0.39 is 30.2 Å². The second kappa shape index (κ2) is 9.05. The van der Waals surface area contributed by atoms with Crippen LogP contribution < -0.4 is 0 Å². The van der Waals surface area contributed by atoms with E-state index in [1.165, 1.54) is 16.3 Å². The topological polar surface area (TPSA) is 95.2 Å². The average Bonchev–Trinajstić information content (AvgIpc) is 3.57. The van der Waals surface area contributed by atoms with Crippen LogP contribution in [0.4, 0.5) is 0 Å². The van der Waals surface area contributed by atoms with Crippen LogP contribution in [0.25, 0.3) is 16.3 Å². The van der Waals surface area contributed by atoms with Gasteiger partial charge >= 0.3 is 0 Å². The van der Waals surface area contributed by atoms with E-state index in [4.69, 9.17) is 0 Å². The Labute approximate surface area is 261 Å². The lowest BCUT2D eigenvalue weighted by atomic mass is 9.48. The maximum absolute atomic E-state index is 11.4. The molecule has 0 amide bonds. The van der Waals surface area contributed by atoms with Gasteiger partial charge < -0.3 is 0 Å². The van der Waals surface area contributed by atoms with Gasteiger partial charge in [0.1, 0.15) is 0 Å². The highest BCUT2D eigenvalue weighted by Crippen LogP contribution is 2.84. The summed E-state index contributed by atoms with van der Waals surface area (Å²) in [6.07, 6.45) is 1.72. The van der Waals surface area contributed by atoms with Gasteiger partial charge in [0.25, 0.3) is 0 Å². The van der Waals surface area contributed by atoms with Gasteiger partial charge in [-0.15, -0.1) is 0 Å². The minimum atomic E-state index is -2.46. The van der Waals surface area contributed by atoms with E-state index >= 15 is 0 Å². The molecule has 0 saturated heterocycles. The minimum absolute atomic E-state index is 0.364. The first-order valence-corrected chi connectivity index (χ1v) is 18.1. The Morgan fingerprint density at radius 2 is 1.34 bits per heavy atom. The highest BCUT2D eigenvalue weighted by Gasteiger charge is 2.85. The molecule has 0 heterocycles. The van der Waals surface area contributed by atoms with Crippen molar-refractivity contribution in [3.63, 3.8) is 0 Å². The third-order valence-corrected chi connectivity index (χ3v) is 19.3. The molecule has 1 fully saturated rings. The second-order valence-electron chi connectivity index (χ2n) is 14.1. The van der Waals surface area contributed by atoms with Crippen molar-refractivity contribution in [1.29, 1.82) is 21.0 Å². The third kappa shape index (κ3) is 2.66. The zero-order valence-electron chi connectivity index (χ0n) is 26.3. The van der Waals surface area contributed by atoms with Crippen LogP contribution in [0.5, 0.6) is 0 Å². The molecular formula is C39H36N4Si. The Morgan fingerprint density at radius 3 is 1.95 bits per heavy atom. The maximum Gasteiger partial charge on any atom is 0.193 e. The fraction of sp³-hybridized carbons (Fsp3) is 0.385. The molecule has 7 rings (SSSR count). The molecule has 216 valence electrons. The van der Waals surface area contributed by atoms with E-state index in [2.05, 4.69) is 114 Å². The van der Waals surface area contributed by atoms with Crippen molar-refractivity contribution >= 4 is 24.4 Å². The zero-order valence-corrected chi connectivity index (χ0v) is 27.3. The fourth-order valence-electron chi connectivity index (χ4n) is 11.0. The lowest BCUT2D eigenvalue weighted by molar-refractivity contribution is 0.260. The number of benzene rings is 3. The molecule has 0 aliphatic heterocycles. The Morgan fingerprint density at radius 1 is 0.727 bits per heavy atom. The molecule has 4 aliphatic carbocycles. The monoisotopic (exact) mass is 588 g/mol. The molecule has 5 heteroatoms. The first kappa shape index (κ1) is 28.4. The van der Waals surface area contributed by atoms with Gasteiger partial charge in [-0.1, -0.05) is 107 Å². The van der Waals surface area contributed by atoms with Crippen LogP contribution in [0, 0.1) is 56.2 Å². The summed E-state index contributed by atoms with van der Waals surface area (Å²) in [5.74, 6) is -0.660. The van der Waals surface area contributed by atoms with Crippen molar-refractivity contribution in [2.45, 2.75) is 82.3 Å². The quantitative estimate of drug-likeness (QED) is 0.284. The smallest absolute Gasteiger partial charge is 0.193 e. The van der Waals surface area contributed by atoms with Gasteiger partial charge in [-0.2, -0.15) is 21.0 Å². The number of fused-ring (bicyclic) bond motifs is 6. The van der Waals surface area contributed by atoms with Gasteiger partial charge in [-0.05, 0) is 79.2 Å². The summed E-state index contributed by atoms with van der Waals surface area (Å²) in [4.78, 5) is 0. The third-order valence-electron chi connectivity index (χ3n) is 12.1.